The molecule has 1 aromatic heterocycles. The van der Waals surface area contributed by atoms with Gasteiger partial charge in [0, 0.05) is 23.2 Å². The van der Waals surface area contributed by atoms with Gasteiger partial charge in [0.25, 0.3) is 0 Å². The minimum atomic E-state index is -0.583. The van der Waals surface area contributed by atoms with E-state index in [1.165, 1.54) is 6.42 Å². The summed E-state index contributed by atoms with van der Waals surface area (Å²) in [5.41, 5.74) is 1.75. The van der Waals surface area contributed by atoms with Crippen LogP contribution in [0.5, 0.6) is 0 Å². The average molecular weight is 259 g/mol. The summed E-state index contributed by atoms with van der Waals surface area (Å²) in [6.45, 7) is 8.98. The first-order chi connectivity index (χ1) is 8.78. The number of pyridine rings is 1. The van der Waals surface area contributed by atoms with Crippen molar-refractivity contribution in [2.75, 3.05) is 0 Å². The van der Waals surface area contributed by atoms with Gasteiger partial charge in [-0.1, -0.05) is 26.8 Å². The number of hydrogen-bond donors (Lipinski definition) is 1. The van der Waals surface area contributed by atoms with Crippen LogP contribution < -0.4 is 0 Å². The van der Waals surface area contributed by atoms with Gasteiger partial charge in [0.1, 0.15) is 0 Å². The van der Waals surface area contributed by atoms with Gasteiger partial charge in [0.2, 0.25) is 0 Å². The Balaban J connectivity index is 1.93. The van der Waals surface area contributed by atoms with Crippen molar-refractivity contribution in [3.8, 4) is 0 Å². The first kappa shape index (κ1) is 13.1. The third kappa shape index (κ3) is 1.62. The summed E-state index contributed by atoms with van der Waals surface area (Å²) in [4.78, 5) is 4.58. The lowest BCUT2D eigenvalue weighted by molar-refractivity contribution is -0.0891. The van der Waals surface area contributed by atoms with Gasteiger partial charge >= 0.3 is 0 Å². The zero-order valence-corrected chi connectivity index (χ0v) is 12.5. The number of hydrogen-bond acceptors (Lipinski definition) is 2. The van der Waals surface area contributed by atoms with E-state index in [4.69, 9.17) is 0 Å². The molecule has 2 saturated carbocycles. The highest BCUT2D eigenvalue weighted by Crippen LogP contribution is 2.70. The molecular weight excluding hydrogens is 234 g/mol. The zero-order chi connectivity index (χ0) is 13.9. The molecule has 2 bridgehead atoms. The Morgan fingerprint density at radius 1 is 1.32 bits per heavy atom. The first-order valence-electron chi connectivity index (χ1n) is 7.43. The molecule has 2 heteroatoms. The average Bonchev–Trinajstić information content (AvgIpc) is 2.60. The molecule has 2 aliphatic rings. The number of aliphatic hydroxyl groups is 1. The largest absolute Gasteiger partial charge is 0.389 e. The van der Waals surface area contributed by atoms with Crippen LogP contribution in [-0.4, -0.2) is 15.7 Å². The normalized spacial score (nSPS) is 39.7. The van der Waals surface area contributed by atoms with Gasteiger partial charge in [-0.25, -0.2) is 0 Å². The molecule has 0 amide bonds. The summed E-state index contributed by atoms with van der Waals surface area (Å²) in [6.07, 6.45) is 4.05. The molecule has 2 fully saturated rings. The van der Waals surface area contributed by atoms with Crippen LogP contribution in [0.4, 0.5) is 0 Å². The van der Waals surface area contributed by atoms with Gasteiger partial charge in [0.15, 0.2) is 0 Å². The molecule has 0 radical (unpaired) electrons. The minimum Gasteiger partial charge on any atom is -0.389 e. The van der Waals surface area contributed by atoms with Crippen molar-refractivity contribution in [1.82, 2.24) is 4.98 Å². The molecule has 1 aromatic rings. The fourth-order valence-corrected chi connectivity index (χ4v) is 4.68. The topological polar surface area (TPSA) is 33.1 Å². The van der Waals surface area contributed by atoms with Crippen LogP contribution in [0.1, 0.15) is 51.4 Å². The third-order valence-electron chi connectivity index (χ3n) is 6.47. The first-order valence-corrected chi connectivity index (χ1v) is 7.43. The van der Waals surface area contributed by atoms with Crippen molar-refractivity contribution in [2.45, 2.75) is 59.0 Å². The molecule has 0 aliphatic heterocycles. The lowest BCUT2D eigenvalue weighted by Gasteiger charge is -2.45. The molecule has 2 aliphatic carbocycles. The zero-order valence-electron chi connectivity index (χ0n) is 12.5. The monoisotopic (exact) mass is 259 g/mol. The second-order valence-electron chi connectivity index (χ2n) is 7.47. The van der Waals surface area contributed by atoms with Crippen molar-refractivity contribution in [3.63, 3.8) is 0 Å². The predicted octanol–water partition coefficient (Wildman–Crippen LogP) is 3.51. The Morgan fingerprint density at radius 3 is 2.58 bits per heavy atom. The SMILES string of the molecule is Cc1cccc(C[C@@]2(O)C[C@H]3CC[C@@]2(C)C3(C)C)n1. The molecule has 1 heterocycles. The molecule has 2 nitrogen and oxygen atoms in total. The molecule has 0 spiro atoms. The Bertz CT molecular complexity index is 510. The molecule has 0 unspecified atom stereocenters. The Kier molecular flexibility index (Phi) is 2.63. The second kappa shape index (κ2) is 3.82. The highest BCUT2D eigenvalue weighted by molar-refractivity contribution is 5.22. The van der Waals surface area contributed by atoms with Gasteiger partial charge in [-0.05, 0) is 49.7 Å². The highest BCUT2D eigenvalue weighted by Gasteiger charge is 2.68. The van der Waals surface area contributed by atoms with E-state index in [-0.39, 0.29) is 10.8 Å². The van der Waals surface area contributed by atoms with Crippen LogP contribution in [-0.2, 0) is 6.42 Å². The van der Waals surface area contributed by atoms with E-state index in [1.54, 1.807) is 0 Å². The van der Waals surface area contributed by atoms with E-state index < -0.39 is 5.60 Å². The molecule has 0 aromatic carbocycles. The Labute approximate surface area is 116 Å². The van der Waals surface area contributed by atoms with Crippen LogP contribution in [0.15, 0.2) is 18.2 Å². The van der Waals surface area contributed by atoms with Gasteiger partial charge in [0.05, 0.1) is 5.60 Å². The fourth-order valence-electron chi connectivity index (χ4n) is 4.68. The smallest absolute Gasteiger partial charge is 0.0764 e. The highest BCUT2D eigenvalue weighted by atomic mass is 16.3. The van der Waals surface area contributed by atoms with Crippen LogP contribution >= 0.6 is 0 Å². The Morgan fingerprint density at radius 2 is 2.05 bits per heavy atom. The van der Waals surface area contributed by atoms with Gasteiger partial charge in [-0.2, -0.15) is 0 Å². The van der Waals surface area contributed by atoms with E-state index in [2.05, 4.69) is 25.8 Å². The molecule has 104 valence electrons. The summed E-state index contributed by atoms with van der Waals surface area (Å²) in [5, 5.41) is 11.3. The van der Waals surface area contributed by atoms with E-state index in [0.29, 0.717) is 12.3 Å². The second-order valence-corrected chi connectivity index (χ2v) is 7.47. The van der Waals surface area contributed by atoms with Crippen molar-refractivity contribution in [2.24, 2.45) is 16.7 Å². The fraction of sp³-hybridized carbons (Fsp3) is 0.706. The van der Waals surface area contributed by atoms with E-state index in [9.17, 15) is 5.11 Å². The maximum absolute atomic E-state index is 11.3. The third-order valence-corrected chi connectivity index (χ3v) is 6.47. The minimum absolute atomic E-state index is 0.0239. The maximum Gasteiger partial charge on any atom is 0.0764 e. The van der Waals surface area contributed by atoms with Crippen molar-refractivity contribution in [3.05, 3.63) is 29.6 Å². The number of rotatable bonds is 2. The molecule has 19 heavy (non-hydrogen) atoms. The number of aryl methyl sites for hydroxylation is 1. The van der Waals surface area contributed by atoms with Crippen molar-refractivity contribution in [1.29, 1.82) is 0 Å². The van der Waals surface area contributed by atoms with Crippen LogP contribution in [0.2, 0.25) is 0 Å². The van der Waals surface area contributed by atoms with E-state index in [0.717, 1.165) is 24.2 Å². The van der Waals surface area contributed by atoms with Gasteiger partial charge in [-0.15, -0.1) is 0 Å². The molecule has 0 saturated heterocycles. The van der Waals surface area contributed by atoms with Crippen LogP contribution in [0, 0.1) is 23.7 Å². The summed E-state index contributed by atoms with van der Waals surface area (Å²) in [6, 6.07) is 6.11. The summed E-state index contributed by atoms with van der Waals surface area (Å²) in [7, 11) is 0. The summed E-state index contributed by atoms with van der Waals surface area (Å²) >= 11 is 0. The lowest BCUT2D eigenvalue weighted by Crippen LogP contribution is -2.48. The predicted molar refractivity (Wildman–Crippen MR) is 76.9 cm³/mol. The summed E-state index contributed by atoms with van der Waals surface area (Å²) < 4.78 is 0. The van der Waals surface area contributed by atoms with Crippen LogP contribution in [0.3, 0.4) is 0 Å². The maximum atomic E-state index is 11.3. The van der Waals surface area contributed by atoms with Gasteiger partial charge < -0.3 is 5.11 Å². The molecular formula is C17H25NO. The molecule has 3 rings (SSSR count). The molecule has 3 atom stereocenters. The van der Waals surface area contributed by atoms with Crippen molar-refractivity contribution >= 4 is 0 Å². The standard InChI is InChI=1S/C17H25NO/c1-12-6-5-7-14(18-12)11-17(19)10-13-8-9-16(17,4)15(13,2)3/h5-7,13,19H,8-11H2,1-4H3/t13-,16+,17+/m1/s1. The molecule has 1 N–H and O–H groups in total. The number of nitrogens with zero attached hydrogens (tertiary/aromatic N) is 1. The lowest BCUT2D eigenvalue weighted by atomic mass is 9.63. The number of aromatic nitrogens is 1. The van der Waals surface area contributed by atoms with Gasteiger partial charge in [-0.3, -0.25) is 4.98 Å². The van der Waals surface area contributed by atoms with E-state index in [1.807, 2.05) is 25.1 Å². The Hall–Kier alpha value is -0.890. The quantitative estimate of drug-likeness (QED) is 0.881. The number of fused-ring (bicyclic) bond motifs is 2. The van der Waals surface area contributed by atoms with Crippen molar-refractivity contribution < 1.29 is 5.11 Å². The summed E-state index contributed by atoms with van der Waals surface area (Å²) in [5.74, 6) is 0.660. The van der Waals surface area contributed by atoms with Crippen LogP contribution in [0.25, 0.3) is 0 Å². The van der Waals surface area contributed by atoms with E-state index >= 15 is 0 Å².